The fraction of sp³-hybridized carbons (Fsp3) is 1.00. The summed E-state index contributed by atoms with van der Waals surface area (Å²) in [4.78, 5) is 0. The highest BCUT2D eigenvalue weighted by Crippen LogP contribution is 2.24. The maximum atomic E-state index is 3.60. The summed E-state index contributed by atoms with van der Waals surface area (Å²) >= 11 is 2.12. The fourth-order valence-corrected chi connectivity index (χ4v) is 3.21. The van der Waals surface area contributed by atoms with Crippen molar-refractivity contribution in [2.45, 2.75) is 39.2 Å². The molecule has 90 valence electrons. The molecule has 0 aromatic heterocycles. The predicted molar refractivity (Wildman–Crippen MR) is 70.7 cm³/mol. The minimum Gasteiger partial charge on any atom is -0.315 e. The van der Waals surface area contributed by atoms with Crippen LogP contribution in [0.5, 0.6) is 0 Å². The lowest BCUT2D eigenvalue weighted by Gasteiger charge is -2.22. The van der Waals surface area contributed by atoms with E-state index < -0.39 is 0 Å². The van der Waals surface area contributed by atoms with E-state index in [1.54, 1.807) is 0 Å². The van der Waals surface area contributed by atoms with Crippen LogP contribution in [0, 0.1) is 5.92 Å². The van der Waals surface area contributed by atoms with Gasteiger partial charge in [0, 0.05) is 12.6 Å². The first kappa shape index (κ1) is 13.3. The standard InChI is InChI=1S/C12H26N2S/c1-3-13-10-11(2)14-7-4-12-5-8-15-9-6-12/h11-14H,3-10H2,1-2H3. The summed E-state index contributed by atoms with van der Waals surface area (Å²) in [5, 5.41) is 6.97. The number of likely N-dealkylation sites (N-methyl/N-ethyl adjacent to an activating group) is 1. The van der Waals surface area contributed by atoms with E-state index in [1.165, 1.54) is 37.3 Å². The van der Waals surface area contributed by atoms with Crippen LogP contribution in [0.15, 0.2) is 0 Å². The molecule has 1 saturated heterocycles. The average Bonchev–Trinajstić information content (AvgIpc) is 2.28. The SMILES string of the molecule is CCNCC(C)NCCC1CCSCC1. The Morgan fingerprint density at radius 2 is 2.07 bits per heavy atom. The van der Waals surface area contributed by atoms with Crippen molar-refractivity contribution in [3.05, 3.63) is 0 Å². The smallest absolute Gasteiger partial charge is 0.0164 e. The molecule has 3 heteroatoms. The lowest BCUT2D eigenvalue weighted by atomic mass is 9.99. The van der Waals surface area contributed by atoms with Gasteiger partial charge in [0.2, 0.25) is 0 Å². The molecule has 2 nitrogen and oxygen atoms in total. The van der Waals surface area contributed by atoms with Crippen molar-refractivity contribution in [2.75, 3.05) is 31.1 Å². The second kappa shape index (κ2) is 8.43. The molecule has 0 radical (unpaired) electrons. The molecule has 0 amide bonds. The van der Waals surface area contributed by atoms with E-state index in [9.17, 15) is 0 Å². The quantitative estimate of drug-likeness (QED) is 0.700. The van der Waals surface area contributed by atoms with E-state index >= 15 is 0 Å². The maximum absolute atomic E-state index is 3.60. The van der Waals surface area contributed by atoms with Crippen LogP contribution < -0.4 is 10.6 Å². The minimum absolute atomic E-state index is 0.614. The van der Waals surface area contributed by atoms with Crippen molar-refractivity contribution in [1.82, 2.24) is 10.6 Å². The molecular weight excluding hydrogens is 204 g/mol. The van der Waals surface area contributed by atoms with Crippen LogP contribution in [-0.4, -0.2) is 37.2 Å². The van der Waals surface area contributed by atoms with Crippen molar-refractivity contribution in [2.24, 2.45) is 5.92 Å². The summed E-state index contributed by atoms with van der Waals surface area (Å²) < 4.78 is 0. The zero-order valence-corrected chi connectivity index (χ0v) is 11.0. The van der Waals surface area contributed by atoms with E-state index in [2.05, 4.69) is 36.2 Å². The monoisotopic (exact) mass is 230 g/mol. The molecule has 0 aliphatic carbocycles. The van der Waals surface area contributed by atoms with Crippen LogP contribution in [-0.2, 0) is 0 Å². The second-order valence-corrected chi connectivity index (χ2v) is 5.73. The number of thioether (sulfide) groups is 1. The van der Waals surface area contributed by atoms with Gasteiger partial charge in [-0.15, -0.1) is 0 Å². The molecule has 15 heavy (non-hydrogen) atoms. The Labute approximate surface area is 99.0 Å². The Bertz CT molecular complexity index is 147. The first-order valence-corrected chi connectivity index (χ1v) is 7.50. The first-order chi connectivity index (χ1) is 7.33. The summed E-state index contributed by atoms with van der Waals surface area (Å²) in [6, 6.07) is 0.614. The topological polar surface area (TPSA) is 24.1 Å². The summed E-state index contributed by atoms with van der Waals surface area (Å²) in [5.74, 6) is 3.76. The van der Waals surface area contributed by atoms with Crippen LogP contribution in [0.2, 0.25) is 0 Å². The molecule has 0 aromatic rings. The van der Waals surface area contributed by atoms with Crippen molar-refractivity contribution in [1.29, 1.82) is 0 Å². The van der Waals surface area contributed by atoms with E-state index in [-0.39, 0.29) is 0 Å². The molecule has 1 unspecified atom stereocenters. The average molecular weight is 230 g/mol. The Morgan fingerprint density at radius 1 is 1.33 bits per heavy atom. The minimum atomic E-state index is 0.614. The van der Waals surface area contributed by atoms with Crippen LogP contribution in [0.4, 0.5) is 0 Å². The predicted octanol–water partition coefficient (Wildman–Crippen LogP) is 2.11. The number of hydrogen-bond acceptors (Lipinski definition) is 3. The Kier molecular flexibility index (Phi) is 7.49. The molecule has 1 heterocycles. The zero-order valence-electron chi connectivity index (χ0n) is 10.2. The highest BCUT2D eigenvalue weighted by atomic mass is 32.2. The maximum Gasteiger partial charge on any atom is 0.0164 e. The molecule has 2 N–H and O–H groups in total. The van der Waals surface area contributed by atoms with Crippen molar-refractivity contribution < 1.29 is 0 Å². The summed E-state index contributed by atoms with van der Waals surface area (Å²) in [6.45, 7) is 7.79. The molecule has 0 saturated carbocycles. The lowest BCUT2D eigenvalue weighted by Crippen LogP contribution is -2.37. The van der Waals surface area contributed by atoms with Gasteiger partial charge >= 0.3 is 0 Å². The van der Waals surface area contributed by atoms with Gasteiger partial charge < -0.3 is 10.6 Å². The van der Waals surface area contributed by atoms with E-state index in [4.69, 9.17) is 0 Å². The third-order valence-electron chi connectivity index (χ3n) is 3.09. The highest BCUT2D eigenvalue weighted by molar-refractivity contribution is 7.99. The Morgan fingerprint density at radius 3 is 2.73 bits per heavy atom. The molecule has 1 aliphatic rings. The Balaban J connectivity index is 1.94. The molecule has 1 aliphatic heterocycles. The van der Waals surface area contributed by atoms with Gasteiger partial charge in [0.05, 0.1) is 0 Å². The van der Waals surface area contributed by atoms with Crippen LogP contribution >= 0.6 is 11.8 Å². The highest BCUT2D eigenvalue weighted by Gasteiger charge is 2.13. The van der Waals surface area contributed by atoms with E-state index in [0.717, 1.165) is 19.0 Å². The van der Waals surface area contributed by atoms with Crippen LogP contribution in [0.1, 0.15) is 33.1 Å². The third kappa shape index (κ3) is 6.44. The van der Waals surface area contributed by atoms with Gasteiger partial charge in [-0.25, -0.2) is 0 Å². The van der Waals surface area contributed by atoms with Crippen LogP contribution in [0.25, 0.3) is 0 Å². The van der Waals surface area contributed by atoms with Crippen molar-refractivity contribution in [3.63, 3.8) is 0 Å². The van der Waals surface area contributed by atoms with Gasteiger partial charge in [-0.1, -0.05) is 6.92 Å². The summed E-state index contributed by atoms with van der Waals surface area (Å²) in [7, 11) is 0. The molecular formula is C12H26N2S. The van der Waals surface area contributed by atoms with Gasteiger partial charge in [0.1, 0.15) is 0 Å². The zero-order chi connectivity index (χ0) is 10.9. The largest absolute Gasteiger partial charge is 0.315 e. The summed E-state index contributed by atoms with van der Waals surface area (Å²) in [6.07, 6.45) is 4.25. The molecule has 0 spiro atoms. The second-order valence-electron chi connectivity index (χ2n) is 4.51. The van der Waals surface area contributed by atoms with Gasteiger partial charge in [-0.3, -0.25) is 0 Å². The normalized spacial score (nSPS) is 20.4. The summed E-state index contributed by atoms with van der Waals surface area (Å²) in [5.41, 5.74) is 0. The van der Waals surface area contributed by atoms with Gasteiger partial charge in [-0.2, -0.15) is 11.8 Å². The first-order valence-electron chi connectivity index (χ1n) is 6.34. The third-order valence-corrected chi connectivity index (χ3v) is 4.14. The van der Waals surface area contributed by atoms with Gasteiger partial charge in [-0.05, 0) is 56.7 Å². The van der Waals surface area contributed by atoms with Crippen LogP contribution in [0.3, 0.4) is 0 Å². The van der Waals surface area contributed by atoms with Gasteiger partial charge in [0.15, 0.2) is 0 Å². The number of rotatable bonds is 7. The van der Waals surface area contributed by atoms with Gasteiger partial charge in [0.25, 0.3) is 0 Å². The number of hydrogen-bond donors (Lipinski definition) is 2. The Hall–Kier alpha value is 0.270. The molecule has 1 atom stereocenters. The van der Waals surface area contributed by atoms with E-state index in [0.29, 0.717) is 6.04 Å². The number of nitrogens with one attached hydrogen (secondary N) is 2. The molecule has 1 fully saturated rings. The molecule has 0 bridgehead atoms. The fourth-order valence-electron chi connectivity index (χ4n) is 2.00. The molecule has 1 rings (SSSR count). The van der Waals surface area contributed by atoms with Crippen molar-refractivity contribution in [3.8, 4) is 0 Å². The van der Waals surface area contributed by atoms with Crippen molar-refractivity contribution >= 4 is 11.8 Å². The van der Waals surface area contributed by atoms with E-state index in [1.807, 2.05) is 0 Å². The molecule has 0 aromatic carbocycles. The lowest BCUT2D eigenvalue weighted by molar-refractivity contribution is 0.413.